The van der Waals surface area contributed by atoms with E-state index in [4.69, 9.17) is 16.3 Å². The molecule has 0 amide bonds. The summed E-state index contributed by atoms with van der Waals surface area (Å²) in [7, 11) is 0. The molecule has 0 bridgehead atoms. The van der Waals surface area contributed by atoms with Crippen molar-refractivity contribution in [2.75, 3.05) is 13.2 Å². The number of piperidine rings is 1. The van der Waals surface area contributed by atoms with Crippen molar-refractivity contribution in [3.05, 3.63) is 38.9 Å². The number of nitrogens with zero attached hydrogens (tertiary/aromatic N) is 2. The Morgan fingerprint density at radius 3 is 2.95 bits per heavy atom. The van der Waals surface area contributed by atoms with Gasteiger partial charge in [-0.05, 0) is 37.9 Å². The average molecular weight is 327 g/mol. The molecule has 1 atom stereocenters. The Bertz CT molecular complexity index is 564. The molecule has 120 valence electrons. The summed E-state index contributed by atoms with van der Waals surface area (Å²) in [5.41, 5.74) is 0.663. The maximum Gasteiger partial charge on any atom is 0.323 e. The summed E-state index contributed by atoms with van der Waals surface area (Å²) >= 11 is 5.82. The van der Waals surface area contributed by atoms with Crippen LogP contribution in [0.2, 0.25) is 5.02 Å². The van der Waals surface area contributed by atoms with Gasteiger partial charge in [0.05, 0.1) is 11.5 Å². The number of esters is 1. The summed E-state index contributed by atoms with van der Waals surface area (Å²) in [6.45, 7) is 3.39. The lowest BCUT2D eigenvalue weighted by Gasteiger charge is -2.33. The van der Waals surface area contributed by atoms with E-state index in [0.717, 1.165) is 31.4 Å². The molecule has 22 heavy (non-hydrogen) atoms. The number of nitro benzene ring substituents is 1. The SMILES string of the molecule is CCOC(=O)[C@@H]1CCCCN1Cc1ccc(Cl)c([N+](=O)[O-])c1. The second-order valence-corrected chi connectivity index (χ2v) is 5.68. The maximum atomic E-state index is 12.0. The lowest BCUT2D eigenvalue weighted by atomic mass is 10.0. The van der Waals surface area contributed by atoms with Crippen molar-refractivity contribution in [1.82, 2.24) is 4.90 Å². The van der Waals surface area contributed by atoms with Crippen LogP contribution in [0.15, 0.2) is 18.2 Å². The zero-order valence-electron chi connectivity index (χ0n) is 12.5. The molecular formula is C15H19ClN2O4. The Morgan fingerprint density at radius 2 is 2.27 bits per heavy atom. The predicted octanol–water partition coefficient (Wildman–Crippen LogP) is 3.17. The van der Waals surface area contributed by atoms with E-state index in [2.05, 4.69) is 0 Å². The van der Waals surface area contributed by atoms with Crippen molar-refractivity contribution < 1.29 is 14.5 Å². The normalized spacial score (nSPS) is 18.9. The van der Waals surface area contributed by atoms with Gasteiger partial charge in [-0.2, -0.15) is 0 Å². The van der Waals surface area contributed by atoms with Crippen LogP contribution in [0.1, 0.15) is 31.7 Å². The third-order valence-corrected chi connectivity index (χ3v) is 4.08. The fourth-order valence-corrected chi connectivity index (χ4v) is 2.90. The molecule has 6 nitrogen and oxygen atoms in total. The molecule has 1 saturated heterocycles. The molecule has 0 aromatic heterocycles. The summed E-state index contributed by atoms with van der Waals surface area (Å²) in [6, 6.07) is 4.48. The summed E-state index contributed by atoms with van der Waals surface area (Å²) in [5.74, 6) is -0.217. The highest BCUT2D eigenvalue weighted by atomic mass is 35.5. The minimum Gasteiger partial charge on any atom is -0.465 e. The first kappa shape index (κ1) is 16.7. The van der Waals surface area contributed by atoms with E-state index in [9.17, 15) is 14.9 Å². The third-order valence-electron chi connectivity index (χ3n) is 3.77. The zero-order chi connectivity index (χ0) is 16.1. The predicted molar refractivity (Wildman–Crippen MR) is 82.8 cm³/mol. The topological polar surface area (TPSA) is 72.7 Å². The largest absolute Gasteiger partial charge is 0.465 e. The Morgan fingerprint density at radius 1 is 1.50 bits per heavy atom. The molecule has 0 aliphatic carbocycles. The lowest BCUT2D eigenvalue weighted by Crippen LogP contribution is -2.44. The van der Waals surface area contributed by atoms with Gasteiger partial charge in [-0.1, -0.05) is 24.1 Å². The molecule has 1 fully saturated rings. The van der Waals surface area contributed by atoms with Crippen LogP contribution >= 0.6 is 11.6 Å². The van der Waals surface area contributed by atoms with Crippen molar-refractivity contribution in [2.45, 2.75) is 38.8 Å². The smallest absolute Gasteiger partial charge is 0.323 e. The molecule has 1 aromatic carbocycles. The summed E-state index contributed by atoms with van der Waals surface area (Å²) in [5, 5.41) is 11.1. The minimum atomic E-state index is -0.495. The quantitative estimate of drug-likeness (QED) is 0.472. The Labute approximate surface area is 134 Å². The summed E-state index contributed by atoms with van der Waals surface area (Å²) < 4.78 is 5.12. The number of carbonyl (C=O) groups is 1. The molecule has 0 saturated carbocycles. The number of hydrogen-bond donors (Lipinski definition) is 0. The second-order valence-electron chi connectivity index (χ2n) is 5.28. The van der Waals surface area contributed by atoms with Crippen LogP contribution in [0, 0.1) is 10.1 Å². The molecule has 0 radical (unpaired) electrons. The number of hydrogen-bond acceptors (Lipinski definition) is 5. The Balaban J connectivity index is 2.15. The van der Waals surface area contributed by atoms with Crippen LogP contribution in [-0.2, 0) is 16.1 Å². The lowest BCUT2D eigenvalue weighted by molar-refractivity contribution is -0.384. The van der Waals surface area contributed by atoms with Gasteiger partial charge in [0, 0.05) is 12.6 Å². The first-order chi connectivity index (χ1) is 10.5. The van der Waals surface area contributed by atoms with Gasteiger partial charge in [-0.25, -0.2) is 0 Å². The number of benzene rings is 1. The van der Waals surface area contributed by atoms with Crippen molar-refractivity contribution in [2.24, 2.45) is 0 Å². The third kappa shape index (κ3) is 3.96. The van der Waals surface area contributed by atoms with Crippen molar-refractivity contribution in [3.63, 3.8) is 0 Å². The van der Waals surface area contributed by atoms with Crippen LogP contribution in [-0.4, -0.2) is 35.0 Å². The minimum absolute atomic E-state index is 0.108. The number of likely N-dealkylation sites (tertiary alicyclic amines) is 1. The van der Waals surface area contributed by atoms with E-state index in [0.29, 0.717) is 13.2 Å². The Kier molecular flexibility index (Phi) is 5.74. The molecule has 0 spiro atoms. The van der Waals surface area contributed by atoms with E-state index >= 15 is 0 Å². The van der Waals surface area contributed by atoms with Gasteiger partial charge in [-0.15, -0.1) is 0 Å². The maximum absolute atomic E-state index is 12.0. The fourth-order valence-electron chi connectivity index (χ4n) is 2.72. The number of halogens is 1. The van der Waals surface area contributed by atoms with Gasteiger partial charge in [0.2, 0.25) is 0 Å². The molecule has 1 aliphatic heterocycles. The molecular weight excluding hydrogens is 308 g/mol. The highest BCUT2D eigenvalue weighted by Gasteiger charge is 2.30. The van der Waals surface area contributed by atoms with E-state index in [1.807, 2.05) is 4.90 Å². The first-order valence-corrected chi connectivity index (χ1v) is 7.74. The number of carbonyl (C=O) groups excluding carboxylic acids is 1. The van der Waals surface area contributed by atoms with Gasteiger partial charge in [0.1, 0.15) is 11.1 Å². The van der Waals surface area contributed by atoms with Gasteiger partial charge in [0.15, 0.2) is 0 Å². The molecule has 0 unspecified atom stereocenters. The van der Waals surface area contributed by atoms with Crippen LogP contribution in [0.3, 0.4) is 0 Å². The number of ether oxygens (including phenoxy) is 1. The molecule has 1 heterocycles. The highest BCUT2D eigenvalue weighted by Crippen LogP contribution is 2.27. The molecule has 1 aliphatic rings. The number of nitro groups is 1. The summed E-state index contributed by atoms with van der Waals surface area (Å²) in [4.78, 5) is 24.5. The fraction of sp³-hybridized carbons (Fsp3) is 0.533. The second kappa shape index (κ2) is 7.56. The van der Waals surface area contributed by atoms with Gasteiger partial charge >= 0.3 is 5.97 Å². The molecule has 1 aromatic rings. The number of rotatable bonds is 5. The van der Waals surface area contributed by atoms with Crippen LogP contribution in [0.25, 0.3) is 0 Å². The van der Waals surface area contributed by atoms with Crippen molar-refractivity contribution in [1.29, 1.82) is 0 Å². The Hall–Kier alpha value is -1.66. The van der Waals surface area contributed by atoms with E-state index < -0.39 is 4.92 Å². The van der Waals surface area contributed by atoms with Gasteiger partial charge in [0.25, 0.3) is 5.69 Å². The van der Waals surface area contributed by atoms with E-state index in [-0.39, 0.29) is 22.7 Å². The zero-order valence-corrected chi connectivity index (χ0v) is 13.2. The van der Waals surface area contributed by atoms with Gasteiger partial charge < -0.3 is 4.74 Å². The van der Waals surface area contributed by atoms with Crippen molar-refractivity contribution in [3.8, 4) is 0 Å². The highest BCUT2D eigenvalue weighted by molar-refractivity contribution is 6.32. The standard InChI is InChI=1S/C15H19ClN2O4/c1-2-22-15(19)13-5-3-4-8-17(13)10-11-6-7-12(16)14(9-11)18(20)21/h6-7,9,13H,2-5,8,10H2,1H3/t13-/m0/s1. The first-order valence-electron chi connectivity index (χ1n) is 7.36. The summed E-state index contributed by atoms with van der Waals surface area (Å²) in [6.07, 6.45) is 2.75. The molecule has 7 heteroatoms. The molecule has 2 rings (SSSR count). The van der Waals surface area contributed by atoms with Crippen molar-refractivity contribution >= 4 is 23.3 Å². The van der Waals surface area contributed by atoms with Crippen LogP contribution in [0.4, 0.5) is 5.69 Å². The van der Waals surface area contributed by atoms with E-state index in [1.165, 1.54) is 12.1 Å². The van der Waals surface area contributed by atoms with Gasteiger partial charge in [-0.3, -0.25) is 19.8 Å². The monoisotopic (exact) mass is 326 g/mol. The van der Waals surface area contributed by atoms with E-state index in [1.54, 1.807) is 13.0 Å². The van der Waals surface area contributed by atoms with Crippen LogP contribution in [0.5, 0.6) is 0 Å². The van der Waals surface area contributed by atoms with Crippen LogP contribution < -0.4 is 0 Å². The average Bonchev–Trinajstić information content (AvgIpc) is 2.49. The molecule has 0 N–H and O–H groups in total.